The number of rotatable bonds is 0. The molecule has 0 radical (unpaired) electrons. The molecule has 1 heterocycles. The molecule has 21 heavy (non-hydrogen) atoms. The van der Waals surface area contributed by atoms with Crippen LogP contribution in [0.4, 0.5) is 0 Å². The molecule has 3 heteroatoms. The van der Waals surface area contributed by atoms with Crippen LogP contribution in [0.1, 0.15) is 21.6 Å². The lowest BCUT2D eigenvalue weighted by Crippen LogP contribution is -2.15. The Kier molecular flexibility index (Phi) is 2.25. The maximum Gasteiger partial charge on any atom is 0.211 e. The van der Waals surface area contributed by atoms with E-state index in [9.17, 15) is 9.59 Å². The van der Waals surface area contributed by atoms with E-state index >= 15 is 0 Å². The summed E-state index contributed by atoms with van der Waals surface area (Å²) in [6.07, 6.45) is 0. The fourth-order valence-corrected chi connectivity index (χ4v) is 3.30. The number of ketones is 1. The molecule has 0 fully saturated rings. The summed E-state index contributed by atoms with van der Waals surface area (Å²) in [5.74, 6) is -0.0524. The van der Waals surface area contributed by atoms with E-state index in [0.29, 0.717) is 22.2 Å². The number of nitrogens with zero attached hydrogens (tertiary/aromatic N) is 1. The predicted octanol–water partition coefficient (Wildman–Crippen LogP) is 3.06. The van der Waals surface area contributed by atoms with Crippen LogP contribution >= 0.6 is 0 Å². The third kappa shape index (κ3) is 1.38. The van der Waals surface area contributed by atoms with Gasteiger partial charge in [-0.05, 0) is 30.2 Å². The summed E-state index contributed by atoms with van der Waals surface area (Å²) in [5, 5.41) is 0.654. The smallest absolute Gasteiger partial charge is 0.211 e. The predicted molar refractivity (Wildman–Crippen MR) is 82.8 cm³/mol. The van der Waals surface area contributed by atoms with E-state index in [0.717, 1.165) is 16.6 Å². The maximum atomic E-state index is 12.8. The third-order valence-electron chi connectivity index (χ3n) is 4.29. The highest BCUT2D eigenvalue weighted by Gasteiger charge is 2.33. The van der Waals surface area contributed by atoms with Crippen molar-refractivity contribution in [1.29, 1.82) is 0 Å². The zero-order chi connectivity index (χ0) is 14.7. The fourth-order valence-electron chi connectivity index (χ4n) is 3.30. The molecule has 0 saturated heterocycles. The Bertz CT molecular complexity index is 996. The number of pyridine rings is 1. The molecular weight excluding hydrogens is 262 g/mol. The molecule has 2 aromatic carbocycles. The maximum absolute atomic E-state index is 12.8. The second-order valence-corrected chi connectivity index (χ2v) is 5.46. The highest BCUT2D eigenvalue weighted by molar-refractivity contribution is 6.22. The quantitative estimate of drug-likeness (QED) is 0.495. The van der Waals surface area contributed by atoms with Crippen LogP contribution < -0.4 is 5.43 Å². The highest BCUT2D eigenvalue weighted by Crippen LogP contribution is 2.37. The normalized spacial score (nSPS) is 12.6. The minimum absolute atomic E-state index is 0.0524. The lowest BCUT2D eigenvalue weighted by molar-refractivity contribution is 0.103. The van der Waals surface area contributed by atoms with Gasteiger partial charge in [-0.25, -0.2) is 0 Å². The second-order valence-electron chi connectivity index (χ2n) is 5.46. The van der Waals surface area contributed by atoms with E-state index in [1.807, 2.05) is 61.0 Å². The molecule has 0 saturated carbocycles. The number of aromatic nitrogens is 1. The molecule has 0 aliphatic heterocycles. The molecule has 0 amide bonds. The summed E-state index contributed by atoms with van der Waals surface area (Å²) in [6.45, 7) is 1.91. The molecule has 0 spiro atoms. The first-order chi connectivity index (χ1) is 10.1. The van der Waals surface area contributed by atoms with Crippen LogP contribution in [0.25, 0.3) is 22.0 Å². The summed E-state index contributed by atoms with van der Waals surface area (Å²) in [5.41, 5.74) is 4.12. The zero-order valence-electron chi connectivity index (χ0n) is 11.8. The number of carbonyl (C=O) groups excluding carboxylic acids is 1. The summed E-state index contributed by atoms with van der Waals surface area (Å²) < 4.78 is 1.84. The molecule has 3 nitrogen and oxygen atoms in total. The average molecular weight is 275 g/mol. The van der Waals surface area contributed by atoms with Crippen LogP contribution in [-0.2, 0) is 7.05 Å². The number of aryl methyl sites for hydroxylation is 2. The van der Waals surface area contributed by atoms with Gasteiger partial charge < -0.3 is 4.57 Å². The molecule has 1 aliphatic carbocycles. The molecule has 1 aromatic heterocycles. The van der Waals surface area contributed by atoms with Gasteiger partial charge in [-0.3, -0.25) is 9.59 Å². The summed E-state index contributed by atoms with van der Waals surface area (Å²) in [4.78, 5) is 25.6. The number of benzene rings is 2. The van der Waals surface area contributed by atoms with Gasteiger partial charge >= 0.3 is 0 Å². The van der Waals surface area contributed by atoms with E-state index < -0.39 is 0 Å². The monoisotopic (exact) mass is 275 g/mol. The molecule has 0 atom stereocenters. The van der Waals surface area contributed by atoms with Crippen molar-refractivity contribution in [1.82, 2.24) is 4.57 Å². The van der Waals surface area contributed by atoms with Crippen LogP contribution in [0, 0.1) is 6.92 Å². The van der Waals surface area contributed by atoms with E-state index in [-0.39, 0.29) is 11.2 Å². The van der Waals surface area contributed by atoms with Crippen molar-refractivity contribution >= 4 is 16.7 Å². The van der Waals surface area contributed by atoms with E-state index in [2.05, 4.69) is 0 Å². The van der Waals surface area contributed by atoms with Gasteiger partial charge in [0.05, 0.1) is 11.1 Å². The average Bonchev–Trinajstić information content (AvgIpc) is 2.80. The Morgan fingerprint density at radius 1 is 0.905 bits per heavy atom. The Balaban J connectivity index is 2.28. The SMILES string of the molecule is Cc1cccc2c1C(=O)c1c-2c(=O)c2ccccc2n1C. The Labute approximate surface area is 121 Å². The number of hydrogen-bond acceptors (Lipinski definition) is 2. The van der Waals surface area contributed by atoms with Crippen molar-refractivity contribution in [3.63, 3.8) is 0 Å². The van der Waals surface area contributed by atoms with E-state index in [1.165, 1.54) is 0 Å². The van der Waals surface area contributed by atoms with Gasteiger partial charge in [-0.2, -0.15) is 0 Å². The molecule has 3 aromatic rings. The first-order valence-corrected chi connectivity index (χ1v) is 6.87. The van der Waals surface area contributed by atoms with Gasteiger partial charge in [0.15, 0.2) is 5.43 Å². The van der Waals surface area contributed by atoms with Gasteiger partial charge in [-0.1, -0.05) is 30.3 Å². The van der Waals surface area contributed by atoms with Crippen molar-refractivity contribution in [3.05, 3.63) is 69.5 Å². The summed E-state index contributed by atoms with van der Waals surface area (Å²) >= 11 is 0. The second kappa shape index (κ2) is 3.92. The molecule has 0 unspecified atom stereocenters. The molecular formula is C18H13NO2. The zero-order valence-corrected chi connectivity index (χ0v) is 11.8. The number of carbonyl (C=O) groups is 1. The van der Waals surface area contributed by atoms with Crippen molar-refractivity contribution in [3.8, 4) is 11.1 Å². The molecule has 0 N–H and O–H groups in total. The lowest BCUT2D eigenvalue weighted by Gasteiger charge is -2.10. The minimum atomic E-state index is -0.0589. The van der Waals surface area contributed by atoms with Gasteiger partial charge in [0.25, 0.3) is 0 Å². The van der Waals surface area contributed by atoms with Crippen molar-refractivity contribution in [2.24, 2.45) is 7.05 Å². The fraction of sp³-hybridized carbons (Fsp3) is 0.111. The molecule has 102 valence electrons. The topological polar surface area (TPSA) is 39.1 Å². The van der Waals surface area contributed by atoms with Crippen LogP contribution in [0.2, 0.25) is 0 Å². The summed E-state index contributed by atoms with van der Waals surface area (Å²) in [7, 11) is 1.85. The van der Waals surface area contributed by atoms with Gasteiger partial charge in [0.2, 0.25) is 5.78 Å². The first kappa shape index (κ1) is 12.1. The Hall–Kier alpha value is -2.68. The minimum Gasteiger partial charge on any atom is -0.340 e. The van der Waals surface area contributed by atoms with Crippen LogP contribution in [0.3, 0.4) is 0 Å². The van der Waals surface area contributed by atoms with Gasteiger partial charge in [0, 0.05) is 18.0 Å². The third-order valence-corrected chi connectivity index (χ3v) is 4.29. The molecule has 4 rings (SSSR count). The number of fused-ring (bicyclic) bond motifs is 4. The number of hydrogen-bond donors (Lipinski definition) is 0. The van der Waals surface area contributed by atoms with E-state index in [4.69, 9.17) is 0 Å². The van der Waals surface area contributed by atoms with Gasteiger partial charge in [-0.15, -0.1) is 0 Å². The largest absolute Gasteiger partial charge is 0.340 e. The van der Waals surface area contributed by atoms with Crippen LogP contribution in [0.5, 0.6) is 0 Å². The Morgan fingerprint density at radius 2 is 1.67 bits per heavy atom. The molecule has 0 bridgehead atoms. The summed E-state index contributed by atoms with van der Waals surface area (Å²) in [6, 6.07) is 13.1. The van der Waals surface area contributed by atoms with Crippen molar-refractivity contribution < 1.29 is 4.79 Å². The lowest BCUT2D eigenvalue weighted by atomic mass is 10.0. The van der Waals surface area contributed by atoms with E-state index in [1.54, 1.807) is 0 Å². The molecule has 1 aliphatic rings. The van der Waals surface area contributed by atoms with Crippen molar-refractivity contribution in [2.75, 3.05) is 0 Å². The number of para-hydroxylation sites is 1. The Morgan fingerprint density at radius 3 is 2.48 bits per heavy atom. The van der Waals surface area contributed by atoms with Gasteiger partial charge in [0.1, 0.15) is 5.69 Å². The highest BCUT2D eigenvalue weighted by atomic mass is 16.1. The van der Waals surface area contributed by atoms with Crippen LogP contribution in [0.15, 0.2) is 47.3 Å². The first-order valence-electron chi connectivity index (χ1n) is 6.87. The van der Waals surface area contributed by atoms with Crippen LogP contribution in [-0.4, -0.2) is 10.4 Å². The van der Waals surface area contributed by atoms with Crippen molar-refractivity contribution in [2.45, 2.75) is 6.92 Å². The standard InChI is InChI=1S/C18H13NO2/c1-10-6-5-8-12-14(10)18(21)16-15(12)17(20)11-7-3-4-9-13(11)19(16)2/h3-9H,1-2H3.